The van der Waals surface area contributed by atoms with Gasteiger partial charge in [-0.25, -0.2) is 4.68 Å². The van der Waals surface area contributed by atoms with E-state index in [1.54, 1.807) is 12.3 Å². The quantitative estimate of drug-likeness (QED) is 0.380. The topological polar surface area (TPSA) is 115 Å². The van der Waals surface area contributed by atoms with Crippen molar-refractivity contribution in [2.24, 2.45) is 10.9 Å². The smallest absolute Gasteiger partial charge is 0.214 e. The Bertz CT molecular complexity index is 651. The minimum atomic E-state index is -0.0205. The highest BCUT2D eigenvalue weighted by Crippen LogP contribution is 2.33. The van der Waals surface area contributed by atoms with Crippen LogP contribution in [0.3, 0.4) is 0 Å². The minimum absolute atomic E-state index is 0.0205. The van der Waals surface area contributed by atoms with Gasteiger partial charge in [-0.05, 0) is 47.2 Å². The van der Waals surface area contributed by atoms with Crippen LogP contribution in [0, 0.1) is 0 Å². The van der Waals surface area contributed by atoms with Gasteiger partial charge in [0, 0.05) is 11.1 Å². The number of nitrogens with two attached hydrogens (primary N) is 1. The van der Waals surface area contributed by atoms with Crippen LogP contribution in [0.5, 0.6) is 0 Å². The van der Waals surface area contributed by atoms with Crippen LogP contribution in [0.1, 0.15) is 37.4 Å². The summed E-state index contributed by atoms with van der Waals surface area (Å²) >= 11 is 1.44. The molecule has 0 aliphatic heterocycles. The molecule has 1 fully saturated rings. The van der Waals surface area contributed by atoms with Crippen LogP contribution in [0.2, 0.25) is 0 Å². The number of nitrogens with zero attached hydrogens (tertiary/aromatic N) is 6. The summed E-state index contributed by atoms with van der Waals surface area (Å²) < 4.78 is 1.89. The third-order valence-corrected chi connectivity index (χ3v) is 4.38. The lowest BCUT2D eigenvalue weighted by atomic mass is 10.3. The molecule has 3 rings (SSSR count). The third kappa shape index (κ3) is 2.97. The molecule has 0 saturated heterocycles. The molecular weight excluding hydrogens is 290 g/mol. The van der Waals surface area contributed by atoms with Gasteiger partial charge in [-0.3, -0.25) is 4.98 Å². The summed E-state index contributed by atoms with van der Waals surface area (Å²) in [4.78, 5) is 4.94. The summed E-state index contributed by atoms with van der Waals surface area (Å²) in [6.45, 7) is 0. The lowest BCUT2D eigenvalue weighted by Gasteiger charge is -2.10. The maximum absolute atomic E-state index is 8.70. The maximum Gasteiger partial charge on any atom is 0.214 e. The molecule has 0 aromatic carbocycles. The molecule has 2 aromatic heterocycles. The molecule has 2 heterocycles. The van der Waals surface area contributed by atoms with E-state index in [9.17, 15) is 0 Å². The minimum Gasteiger partial charge on any atom is -0.409 e. The molecule has 0 amide bonds. The Hall–Kier alpha value is -2.16. The van der Waals surface area contributed by atoms with Crippen molar-refractivity contribution in [3.63, 3.8) is 0 Å². The van der Waals surface area contributed by atoms with Gasteiger partial charge in [0.05, 0.1) is 6.04 Å². The first-order valence-corrected chi connectivity index (χ1v) is 7.49. The highest BCUT2D eigenvalue weighted by molar-refractivity contribution is 7.99. The molecule has 0 unspecified atom stereocenters. The number of pyridine rings is 1. The van der Waals surface area contributed by atoms with Gasteiger partial charge in [0.25, 0.3) is 0 Å². The predicted octanol–water partition coefficient (Wildman–Crippen LogP) is 1.43. The molecule has 0 bridgehead atoms. The van der Waals surface area contributed by atoms with Crippen molar-refractivity contribution in [2.75, 3.05) is 0 Å². The Labute approximate surface area is 125 Å². The number of oxime groups is 1. The molecule has 0 spiro atoms. The van der Waals surface area contributed by atoms with Crippen molar-refractivity contribution in [1.29, 1.82) is 0 Å². The molecule has 0 radical (unpaired) electrons. The fourth-order valence-corrected chi connectivity index (χ4v) is 3.27. The zero-order chi connectivity index (χ0) is 14.7. The molecule has 110 valence electrons. The fraction of sp³-hybridized carbons (Fsp3) is 0.417. The van der Waals surface area contributed by atoms with Gasteiger partial charge in [-0.1, -0.05) is 18.0 Å². The van der Waals surface area contributed by atoms with Gasteiger partial charge in [0.15, 0.2) is 5.84 Å². The summed E-state index contributed by atoms with van der Waals surface area (Å²) in [6.07, 6.45) is 6.28. The second kappa shape index (κ2) is 6.08. The van der Waals surface area contributed by atoms with E-state index in [4.69, 9.17) is 10.9 Å². The number of rotatable bonds is 4. The lowest BCUT2D eigenvalue weighted by molar-refractivity contribution is 0.318. The fourth-order valence-electron chi connectivity index (χ4n) is 2.40. The monoisotopic (exact) mass is 305 g/mol. The van der Waals surface area contributed by atoms with Crippen LogP contribution in [0.25, 0.3) is 0 Å². The van der Waals surface area contributed by atoms with Crippen LogP contribution >= 0.6 is 11.8 Å². The van der Waals surface area contributed by atoms with E-state index < -0.39 is 0 Å². The first kappa shape index (κ1) is 13.8. The highest BCUT2D eigenvalue weighted by atomic mass is 32.2. The molecule has 2 aromatic rings. The van der Waals surface area contributed by atoms with Gasteiger partial charge < -0.3 is 10.9 Å². The second-order valence-electron chi connectivity index (χ2n) is 4.81. The Kier molecular flexibility index (Phi) is 4.00. The van der Waals surface area contributed by atoms with Crippen LogP contribution in [-0.4, -0.2) is 36.2 Å². The standard InChI is InChI=1S/C12H15N7OS/c13-11(16-20)10-7-9(5-6-14-10)21-12-15-17-18-19(12)8-3-1-2-4-8/h5-8,20H,1-4H2,(H2,13,16). The molecular formula is C12H15N7OS. The van der Waals surface area contributed by atoms with Crippen molar-refractivity contribution in [3.05, 3.63) is 24.0 Å². The molecule has 9 heteroatoms. The van der Waals surface area contributed by atoms with Crippen LogP contribution in [-0.2, 0) is 0 Å². The predicted molar refractivity (Wildman–Crippen MR) is 76.2 cm³/mol. The molecule has 8 nitrogen and oxygen atoms in total. The van der Waals surface area contributed by atoms with E-state index in [0.29, 0.717) is 11.7 Å². The molecule has 0 atom stereocenters. The first-order chi connectivity index (χ1) is 10.3. The normalized spacial score (nSPS) is 16.5. The zero-order valence-corrected chi connectivity index (χ0v) is 12.1. The van der Waals surface area contributed by atoms with E-state index in [1.807, 2.05) is 10.7 Å². The second-order valence-corrected chi connectivity index (χ2v) is 5.85. The first-order valence-electron chi connectivity index (χ1n) is 6.67. The van der Waals surface area contributed by atoms with E-state index in [2.05, 4.69) is 25.7 Å². The van der Waals surface area contributed by atoms with E-state index >= 15 is 0 Å². The van der Waals surface area contributed by atoms with Crippen LogP contribution in [0.15, 0.2) is 33.5 Å². The highest BCUT2D eigenvalue weighted by Gasteiger charge is 2.22. The lowest BCUT2D eigenvalue weighted by Crippen LogP contribution is -2.14. The van der Waals surface area contributed by atoms with E-state index in [-0.39, 0.29) is 5.84 Å². The summed E-state index contributed by atoms with van der Waals surface area (Å²) in [6, 6.07) is 3.97. The number of hydrogen-bond donors (Lipinski definition) is 2. The number of amidine groups is 1. The van der Waals surface area contributed by atoms with E-state index in [1.165, 1.54) is 24.6 Å². The Morgan fingerprint density at radius 3 is 3.00 bits per heavy atom. The average Bonchev–Trinajstić information content (AvgIpc) is 3.17. The summed E-state index contributed by atoms with van der Waals surface area (Å²) in [5, 5.41) is 24.4. The Morgan fingerprint density at radius 1 is 1.43 bits per heavy atom. The van der Waals surface area contributed by atoms with Gasteiger partial charge in [0.2, 0.25) is 5.16 Å². The van der Waals surface area contributed by atoms with Gasteiger partial charge >= 0.3 is 0 Å². The van der Waals surface area contributed by atoms with Crippen molar-refractivity contribution in [2.45, 2.75) is 41.8 Å². The Morgan fingerprint density at radius 2 is 2.24 bits per heavy atom. The van der Waals surface area contributed by atoms with Crippen molar-refractivity contribution < 1.29 is 5.21 Å². The van der Waals surface area contributed by atoms with Crippen LogP contribution in [0.4, 0.5) is 0 Å². The average molecular weight is 305 g/mol. The summed E-state index contributed by atoms with van der Waals surface area (Å²) in [5.74, 6) is -0.0205. The third-order valence-electron chi connectivity index (χ3n) is 3.44. The van der Waals surface area contributed by atoms with Crippen LogP contribution < -0.4 is 5.73 Å². The molecule has 1 aliphatic carbocycles. The maximum atomic E-state index is 8.70. The van der Waals surface area contributed by atoms with Crippen molar-refractivity contribution in [3.8, 4) is 0 Å². The summed E-state index contributed by atoms with van der Waals surface area (Å²) in [5.41, 5.74) is 5.97. The molecule has 1 saturated carbocycles. The molecule has 1 aliphatic rings. The largest absolute Gasteiger partial charge is 0.409 e. The SMILES string of the molecule is NC(=NO)c1cc(Sc2nnnn2C2CCCC2)ccn1. The van der Waals surface area contributed by atoms with Gasteiger partial charge in [-0.2, -0.15) is 0 Å². The van der Waals surface area contributed by atoms with Gasteiger partial charge in [-0.15, -0.1) is 5.10 Å². The number of aromatic nitrogens is 5. The van der Waals surface area contributed by atoms with Crippen molar-refractivity contribution >= 4 is 17.6 Å². The number of tetrazole rings is 1. The number of hydrogen-bond acceptors (Lipinski definition) is 7. The van der Waals surface area contributed by atoms with Crippen molar-refractivity contribution in [1.82, 2.24) is 25.2 Å². The Balaban J connectivity index is 1.82. The zero-order valence-electron chi connectivity index (χ0n) is 11.3. The summed E-state index contributed by atoms with van der Waals surface area (Å²) in [7, 11) is 0. The molecule has 21 heavy (non-hydrogen) atoms. The molecule has 3 N–H and O–H groups in total. The van der Waals surface area contributed by atoms with E-state index in [0.717, 1.165) is 22.9 Å². The van der Waals surface area contributed by atoms with Gasteiger partial charge in [0.1, 0.15) is 5.69 Å².